The van der Waals surface area contributed by atoms with Crippen LogP contribution in [0.5, 0.6) is 11.5 Å². The van der Waals surface area contributed by atoms with Crippen LogP contribution < -0.4 is 26.4 Å². The molecule has 2 aliphatic carbocycles. The summed E-state index contributed by atoms with van der Waals surface area (Å²) in [5.41, 5.74) is 5.34. The molecule has 8 nitrogen and oxygen atoms in total. The second kappa shape index (κ2) is 7.24. The van der Waals surface area contributed by atoms with Gasteiger partial charge in [-0.15, -0.1) is 0 Å². The zero-order valence-electron chi connectivity index (χ0n) is 14.7. The fraction of sp³-hybridized carbons (Fsp3) is 0.167. The lowest BCUT2D eigenvalue weighted by molar-refractivity contribution is 0.355. The summed E-state index contributed by atoms with van der Waals surface area (Å²) in [6.45, 7) is 0. The Morgan fingerprint density at radius 1 is 0.923 bits per heavy atom. The van der Waals surface area contributed by atoms with Crippen LogP contribution in [0.3, 0.4) is 0 Å². The summed E-state index contributed by atoms with van der Waals surface area (Å²) in [7, 11) is 4.66. The average molecular weight is 353 g/mol. The Kier molecular flexibility index (Phi) is 4.85. The van der Waals surface area contributed by atoms with Crippen molar-refractivity contribution in [2.24, 2.45) is 12.9 Å². The van der Waals surface area contributed by atoms with Gasteiger partial charge in [0, 0.05) is 12.6 Å². The second-order valence-electron chi connectivity index (χ2n) is 5.50. The second-order valence-corrected chi connectivity index (χ2v) is 5.50. The molecule has 4 rings (SSSR count). The molecule has 0 unspecified atom stereocenters. The van der Waals surface area contributed by atoms with E-state index in [2.05, 4.69) is 39.7 Å². The fourth-order valence-corrected chi connectivity index (χ4v) is 2.42. The van der Waals surface area contributed by atoms with E-state index in [4.69, 9.17) is 15.3 Å². The molecule has 26 heavy (non-hydrogen) atoms. The zero-order valence-corrected chi connectivity index (χ0v) is 14.7. The summed E-state index contributed by atoms with van der Waals surface area (Å²) in [5, 5.41) is 0. The first kappa shape index (κ1) is 17.4. The van der Waals surface area contributed by atoms with Crippen molar-refractivity contribution in [3.63, 3.8) is 0 Å². The minimum absolute atomic E-state index is 0.0536. The topological polar surface area (TPSA) is 104 Å². The van der Waals surface area contributed by atoms with Gasteiger partial charge < -0.3 is 9.47 Å². The van der Waals surface area contributed by atoms with Crippen LogP contribution in [0.15, 0.2) is 47.3 Å². The van der Waals surface area contributed by atoms with Crippen LogP contribution in [0.4, 0.5) is 5.95 Å². The highest BCUT2D eigenvalue weighted by Gasteiger charge is 2.12. The number of ether oxygens (including phenoxy) is 2. The van der Waals surface area contributed by atoms with E-state index in [9.17, 15) is 4.79 Å². The lowest BCUT2D eigenvalue weighted by Crippen LogP contribution is -2.26. The quantitative estimate of drug-likeness (QED) is 0.426. The van der Waals surface area contributed by atoms with Crippen LogP contribution in [0.2, 0.25) is 0 Å². The number of nitrogens with two attached hydrogens (primary N) is 1. The third kappa shape index (κ3) is 3.22. The van der Waals surface area contributed by atoms with Gasteiger partial charge in [-0.1, -0.05) is 24.3 Å². The summed E-state index contributed by atoms with van der Waals surface area (Å²) < 4.78 is 11.7. The van der Waals surface area contributed by atoms with E-state index < -0.39 is 5.69 Å². The summed E-state index contributed by atoms with van der Waals surface area (Å²) >= 11 is 0. The molecule has 0 amide bonds. The van der Waals surface area contributed by atoms with Crippen LogP contribution in [-0.4, -0.2) is 28.8 Å². The molecular weight excluding hydrogens is 334 g/mol. The number of nitrogens with zero attached hydrogens (tertiary/aromatic N) is 3. The van der Waals surface area contributed by atoms with Crippen LogP contribution >= 0.6 is 0 Å². The molecule has 134 valence electrons. The van der Waals surface area contributed by atoms with Crippen molar-refractivity contribution in [1.29, 1.82) is 0 Å². The van der Waals surface area contributed by atoms with Crippen molar-refractivity contribution in [3.8, 4) is 34.0 Å². The number of methoxy groups -OCH3 is 2. The lowest BCUT2D eigenvalue weighted by atomic mass is 9.95. The maximum atomic E-state index is 11.7. The summed E-state index contributed by atoms with van der Waals surface area (Å²) in [6.07, 6.45) is 0. The Morgan fingerprint density at radius 2 is 1.50 bits per heavy atom. The smallest absolute Gasteiger partial charge is 0.352 e. The number of nitrogens with one attached hydrogen (secondary N) is 1. The average Bonchev–Trinajstić information content (AvgIpc) is 2.66. The Bertz CT molecular complexity index is 962. The Balaban J connectivity index is 0.000000269. The molecule has 3 N–H and O–H groups in total. The van der Waals surface area contributed by atoms with Gasteiger partial charge >= 0.3 is 5.69 Å². The maximum absolute atomic E-state index is 11.7. The zero-order chi connectivity index (χ0) is 18.7. The molecule has 0 fully saturated rings. The maximum Gasteiger partial charge on any atom is 0.352 e. The Morgan fingerprint density at radius 3 is 1.96 bits per heavy atom. The third-order valence-electron chi connectivity index (χ3n) is 4.01. The molecule has 0 saturated carbocycles. The number of benzene rings is 2. The van der Waals surface area contributed by atoms with E-state index in [-0.39, 0.29) is 5.95 Å². The number of aromatic nitrogens is 3. The van der Waals surface area contributed by atoms with Crippen molar-refractivity contribution < 1.29 is 9.47 Å². The molecule has 0 radical (unpaired) electrons. The highest BCUT2D eigenvalue weighted by molar-refractivity contribution is 5.75. The molecule has 1 aromatic carbocycles. The third-order valence-corrected chi connectivity index (χ3v) is 4.01. The number of rotatable bonds is 4. The van der Waals surface area contributed by atoms with Crippen molar-refractivity contribution in [3.05, 3.63) is 52.9 Å². The van der Waals surface area contributed by atoms with Crippen LogP contribution in [-0.2, 0) is 7.05 Å². The summed E-state index contributed by atoms with van der Waals surface area (Å²) in [5.74, 6) is 6.85. The lowest BCUT2D eigenvalue weighted by Gasteiger charge is -2.11. The van der Waals surface area contributed by atoms with Gasteiger partial charge in [-0.2, -0.15) is 9.97 Å². The van der Waals surface area contributed by atoms with Gasteiger partial charge in [0.15, 0.2) is 11.5 Å². The van der Waals surface area contributed by atoms with Gasteiger partial charge in [-0.25, -0.2) is 10.6 Å². The number of nitrogen functional groups attached to an aromatic ring is 1. The van der Waals surface area contributed by atoms with Gasteiger partial charge in [0.25, 0.3) is 0 Å². The van der Waals surface area contributed by atoms with Gasteiger partial charge in [0.05, 0.1) is 14.2 Å². The van der Waals surface area contributed by atoms with Crippen LogP contribution in [0, 0.1) is 0 Å². The molecular formula is C18H19N5O3. The number of fused-ring (bicyclic) bond motifs is 1. The summed E-state index contributed by atoms with van der Waals surface area (Å²) in [6, 6.07) is 13.7. The van der Waals surface area contributed by atoms with Crippen molar-refractivity contribution >= 4 is 5.95 Å². The monoisotopic (exact) mass is 353 g/mol. The Labute approximate surface area is 150 Å². The van der Waals surface area contributed by atoms with Gasteiger partial charge in [-0.05, 0) is 29.3 Å². The summed E-state index contributed by atoms with van der Waals surface area (Å²) in [4.78, 5) is 19.6. The van der Waals surface area contributed by atoms with E-state index >= 15 is 0 Å². The molecule has 8 heteroatoms. The Hall–Kier alpha value is -3.39. The standard InChI is InChI=1S/C12H15N5O3.C6H4/c1-17-10(14-11(16-13)15-12(17)18)7-4-5-8(19-2)9(6-7)20-3;1-2-6-4-3-5(1)6/h4-6H,13H2,1-3H3,(H,15,16,18);1-4H. The van der Waals surface area contributed by atoms with Gasteiger partial charge in [-0.3, -0.25) is 9.99 Å². The minimum Gasteiger partial charge on any atom is -0.493 e. The number of anilines is 1. The van der Waals surface area contributed by atoms with Gasteiger partial charge in [0.2, 0.25) is 5.95 Å². The number of hydrogen-bond donors (Lipinski definition) is 2. The van der Waals surface area contributed by atoms with Crippen molar-refractivity contribution in [1.82, 2.24) is 14.5 Å². The van der Waals surface area contributed by atoms with Crippen LogP contribution in [0.1, 0.15) is 0 Å². The van der Waals surface area contributed by atoms with E-state index in [0.717, 1.165) is 0 Å². The van der Waals surface area contributed by atoms with Gasteiger partial charge in [0.1, 0.15) is 5.82 Å². The predicted octanol–water partition coefficient (Wildman–Crippen LogP) is 1.81. The SMILES string of the molecule is COc1ccc(-c2nc(NN)nc(=O)n2C)cc1OC.c1cc2ccc1-2. The number of hydrogen-bond acceptors (Lipinski definition) is 7. The van der Waals surface area contributed by atoms with E-state index in [1.165, 1.54) is 22.8 Å². The first-order chi connectivity index (χ1) is 12.6. The number of hydrazine groups is 1. The first-order valence-corrected chi connectivity index (χ1v) is 7.82. The highest BCUT2D eigenvalue weighted by atomic mass is 16.5. The molecule has 1 heterocycles. The van der Waals surface area contributed by atoms with Crippen molar-refractivity contribution in [2.75, 3.05) is 19.6 Å². The van der Waals surface area contributed by atoms with E-state index in [1.807, 2.05) is 0 Å². The normalized spacial score (nSPS) is 10.5. The molecule has 0 atom stereocenters. The largest absolute Gasteiger partial charge is 0.493 e. The molecule has 2 aromatic rings. The predicted molar refractivity (Wildman–Crippen MR) is 99.1 cm³/mol. The van der Waals surface area contributed by atoms with E-state index in [1.54, 1.807) is 32.4 Å². The fourth-order valence-electron chi connectivity index (χ4n) is 2.42. The first-order valence-electron chi connectivity index (χ1n) is 7.82. The van der Waals surface area contributed by atoms with E-state index in [0.29, 0.717) is 22.9 Å². The molecule has 2 aliphatic rings. The molecule has 0 aliphatic heterocycles. The molecule has 0 saturated heterocycles. The minimum atomic E-state index is -0.460. The van der Waals surface area contributed by atoms with Crippen LogP contribution in [0.25, 0.3) is 22.5 Å². The molecule has 0 bridgehead atoms. The van der Waals surface area contributed by atoms with Crippen molar-refractivity contribution in [2.45, 2.75) is 0 Å². The molecule has 1 aromatic heterocycles. The molecule has 0 spiro atoms. The highest BCUT2D eigenvalue weighted by Crippen LogP contribution is 2.31.